The molecule has 0 rings (SSSR count). The van der Waals surface area contributed by atoms with Crippen molar-refractivity contribution >= 4 is 17.9 Å². The van der Waals surface area contributed by atoms with Crippen molar-refractivity contribution in [2.75, 3.05) is 13.2 Å². The van der Waals surface area contributed by atoms with Gasteiger partial charge in [0.1, 0.15) is 13.2 Å². The Balaban J connectivity index is 4.43. The van der Waals surface area contributed by atoms with Gasteiger partial charge in [0.25, 0.3) is 0 Å². The summed E-state index contributed by atoms with van der Waals surface area (Å²) in [5, 5.41) is 0. The molecule has 1 atom stereocenters. The molecule has 0 saturated carbocycles. The summed E-state index contributed by atoms with van der Waals surface area (Å²) < 4.78 is 16.8. The fraction of sp³-hybridized carbons (Fsp3) is 0.661. The molecule has 0 aromatic rings. The fourth-order valence-electron chi connectivity index (χ4n) is 7.30. The molecule has 0 bridgehead atoms. The van der Waals surface area contributed by atoms with Crippen LogP contribution < -0.4 is 0 Å². The van der Waals surface area contributed by atoms with Crippen molar-refractivity contribution in [1.29, 1.82) is 0 Å². The van der Waals surface area contributed by atoms with Crippen LogP contribution in [-0.2, 0) is 28.6 Å². The third-order valence-electron chi connectivity index (χ3n) is 11.5. The van der Waals surface area contributed by atoms with Crippen LogP contribution in [0.2, 0.25) is 0 Å². The highest BCUT2D eigenvalue weighted by Crippen LogP contribution is 2.13. The predicted octanol–water partition coefficient (Wildman–Crippen LogP) is 18.7. The summed E-state index contributed by atoms with van der Waals surface area (Å²) in [6, 6.07) is 0. The van der Waals surface area contributed by atoms with E-state index in [1.165, 1.54) is 64.2 Å². The molecular formula is C62H102O6. The number of carbonyl (C=O) groups is 3. The van der Waals surface area contributed by atoms with Gasteiger partial charge < -0.3 is 14.2 Å². The number of ether oxygens (including phenoxy) is 3. The molecule has 1 unspecified atom stereocenters. The third-order valence-corrected chi connectivity index (χ3v) is 11.5. The van der Waals surface area contributed by atoms with Gasteiger partial charge in [-0.1, -0.05) is 214 Å². The van der Waals surface area contributed by atoms with Gasteiger partial charge in [0.15, 0.2) is 6.10 Å². The maximum Gasteiger partial charge on any atom is 0.306 e. The summed E-state index contributed by atoms with van der Waals surface area (Å²) in [5.41, 5.74) is 0. The Morgan fingerprint density at radius 1 is 0.309 bits per heavy atom. The number of rotatable bonds is 49. The van der Waals surface area contributed by atoms with Gasteiger partial charge in [-0.05, 0) is 122 Å². The van der Waals surface area contributed by atoms with Crippen molar-refractivity contribution in [2.24, 2.45) is 0 Å². The van der Waals surface area contributed by atoms with Crippen LogP contribution in [0.3, 0.4) is 0 Å². The molecule has 0 aromatic carbocycles. The molecule has 0 fully saturated rings. The quantitative estimate of drug-likeness (QED) is 0.0262. The summed E-state index contributed by atoms with van der Waals surface area (Å²) in [4.78, 5) is 38.0. The first-order valence-electron chi connectivity index (χ1n) is 27.9. The molecule has 386 valence electrons. The van der Waals surface area contributed by atoms with Crippen molar-refractivity contribution in [3.05, 3.63) is 109 Å². The van der Waals surface area contributed by atoms with E-state index in [0.29, 0.717) is 12.8 Å². The summed E-state index contributed by atoms with van der Waals surface area (Å²) in [6.07, 6.45) is 75.1. The van der Waals surface area contributed by atoms with Gasteiger partial charge in [0, 0.05) is 19.3 Å². The zero-order chi connectivity index (χ0) is 49.3. The highest BCUT2D eigenvalue weighted by molar-refractivity contribution is 5.71. The summed E-state index contributed by atoms with van der Waals surface area (Å²) in [5.74, 6) is -0.960. The Hall–Kier alpha value is -3.93. The van der Waals surface area contributed by atoms with Gasteiger partial charge in [0.05, 0.1) is 0 Å². The Bertz CT molecular complexity index is 1410. The van der Waals surface area contributed by atoms with Crippen molar-refractivity contribution in [2.45, 2.75) is 252 Å². The SMILES string of the molecule is CC/C=C\C/C=C\C/C=C\C/C=C\C/C=C\CCCCCC(=O)OC(COC(=O)CCCCCCC/C=C\CCC)COC(=O)CCCCCCCC/C=C\C/C=C\C/C=C\CCCCCCC. The van der Waals surface area contributed by atoms with Crippen molar-refractivity contribution in [3.8, 4) is 0 Å². The van der Waals surface area contributed by atoms with Gasteiger partial charge in [-0.25, -0.2) is 0 Å². The van der Waals surface area contributed by atoms with Gasteiger partial charge >= 0.3 is 17.9 Å². The van der Waals surface area contributed by atoms with Crippen LogP contribution in [0.1, 0.15) is 245 Å². The second-order valence-electron chi connectivity index (χ2n) is 18.1. The topological polar surface area (TPSA) is 78.9 Å². The first-order chi connectivity index (χ1) is 33.5. The van der Waals surface area contributed by atoms with Crippen LogP contribution in [0.15, 0.2) is 109 Å². The molecule has 0 heterocycles. The van der Waals surface area contributed by atoms with Crippen LogP contribution in [0.25, 0.3) is 0 Å². The highest BCUT2D eigenvalue weighted by Gasteiger charge is 2.19. The van der Waals surface area contributed by atoms with Crippen LogP contribution in [0.4, 0.5) is 0 Å². The molecular weight excluding hydrogens is 841 g/mol. The molecule has 0 radical (unpaired) electrons. The third kappa shape index (κ3) is 53.0. The number of allylic oxidation sites excluding steroid dienone is 18. The smallest absolute Gasteiger partial charge is 0.306 e. The number of carbonyl (C=O) groups excluding carboxylic acids is 3. The molecule has 0 N–H and O–H groups in total. The van der Waals surface area contributed by atoms with E-state index < -0.39 is 6.10 Å². The van der Waals surface area contributed by atoms with Crippen LogP contribution >= 0.6 is 0 Å². The lowest BCUT2D eigenvalue weighted by Crippen LogP contribution is -2.30. The van der Waals surface area contributed by atoms with E-state index in [4.69, 9.17) is 14.2 Å². The van der Waals surface area contributed by atoms with E-state index >= 15 is 0 Å². The Morgan fingerprint density at radius 3 is 0.985 bits per heavy atom. The Labute approximate surface area is 419 Å². The minimum Gasteiger partial charge on any atom is -0.462 e. The molecule has 0 aliphatic heterocycles. The standard InChI is InChI=1S/C62H102O6/c1-4-7-10-13-16-19-22-24-26-28-30-31-33-34-36-38-40-43-46-49-52-55-61(64)67-58-59(57-66-60(63)54-51-48-45-42-21-18-15-12-9-6-3)68-62(65)56-53-50-47-44-41-39-37-35-32-29-27-25-23-20-17-14-11-8-5-2/h8,11-12,15,17,20,22,24-25,27-28,30,32-35,39,41,59H,4-7,9-10,13-14,16,18-19,21,23,26,29,31,36-38,40,42-58H2,1-3H3/b11-8-,15-12-,20-17-,24-22-,27-25-,30-28-,34-33-,35-32-,41-39-. The molecule has 6 heteroatoms. The van der Waals surface area contributed by atoms with E-state index in [-0.39, 0.29) is 37.5 Å². The molecule has 68 heavy (non-hydrogen) atoms. The van der Waals surface area contributed by atoms with E-state index in [1.807, 2.05) is 0 Å². The van der Waals surface area contributed by atoms with Crippen molar-refractivity contribution in [1.82, 2.24) is 0 Å². The van der Waals surface area contributed by atoms with E-state index in [2.05, 4.69) is 130 Å². The maximum absolute atomic E-state index is 12.8. The molecule has 0 amide bonds. The summed E-state index contributed by atoms with van der Waals surface area (Å²) >= 11 is 0. The highest BCUT2D eigenvalue weighted by atomic mass is 16.6. The largest absolute Gasteiger partial charge is 0.462 e. The molecule has 0 saturated heterocycles. The number of hydrogen-bond acceptors (Lipinski definition) is 6. The predicted molar refractivity (Wildman–Crippen MR) is 293 cm³/mol. The van der Waals surface area contributed by atoms with Crippen LogP contribution in [0, 0.1) is 0 Å². The normalized spacial score (nSPS) is 12.9. The summed E-state index contributed by atoms with van der Waals surface area (Å²) in [6.45, 7) is 6.40. The lowest BCUT2D eigenvalue weighted by atomic mass is 10.1. The fourth-order valence-corrected chi connectivity index (χ4v) is 7.30. The zero-order valence-electron chi connectivity index (χ0n) is 44.1. The molecule has 0 spiro atoms. The minimum absolute atomic E-state index is 0.102. The van der Waals surface area contributed by atoms with Gasteiger partial charge in [-0.15, -0.1) is 0 Å². The van der Waals surface area contributed by atoms with Crippen LogP contribution in [0.5, 0.6) is 0 Å². The van der Waals surface area contributed by atoms with E-state index in [9.17, 15) is 14.4 Å². The molecule has 0 aromatic heterocycles. The van der Waals surface area contributed by atoms with Gasteiger partial charge in [-0.2, -0.15) is 0 Å². The monoisotopic (exact) mass is 943 g/mol. The number of unbranched alkanes of at least 4 members (excludes halogenated alkanes) is 20. The first-order valence-corrected chi connectivity index (χ1v) is 27.9. The average molecular weight is 943 g/mol. The lowest BCUT2D eigenvalue weighted by Gasteiger charge is -2.18. The van der Waals surface area contributed by atoms with Gasteiger partial charge in [-0.3, -0.25) is 14.4 Å². The number of hydrogen-bond donors (Lipinski definition) is 0. The summed E-state index contributed by atoms with van der Waals surface area (Å²) in [7, 11) is 0. The lowest BCUT2D eigenvalue weighted by molar-refractivity contribution is -0.167. The molecule has 6 nitrogen and oxygen atoms in total. The maximum atomic E-state index is 12.8. The second-order valence-corrected chi connectivity index (χ2v) is 18.1. The zero-order valence-corrected chi connectivity index (χ0v) is 44.1. The van der Waals surface area contributed by atoms with E-state index in [1.54, 1.807) is 0 Å². The number of esters is 3. The molecule has 0 aliphatic carbocycles. The van der Waals surface area contributed by atoms with Crippen molar-refractivity contribution < 1.29 is 28.6 Å². The first kappa shape index (κ1) is 64.1. The minimum atomic E-state index is -0.806. The average Bonchev–Trinajstić information content (AvgIpc) is 3.34. The second kappa shape index (κ2) is 55.7. The van der Waals surface area contributed by atoms with E-state index in [0.717, 1.165) is 141 Å². The Kier molecular flexibility index (Phi) is 52.4. The van der Waals surface area contributed by atoms with Crippen molar-refractivity contribution in [3.63, 3.8) is 0 Å². The Morgan fingerprint density at radius 2 is 0.603 bits per heavy atom. The van der Waals surface area contributed by atoms with Gasteiger partial charge in [0.2, 0.25) is 0 Å². The van der Waals surface area contributed by atoms with Crippen LogP contribution in [-0.4, -0.2) is 37.2 Å². The molecule has 0 aliphatic rings.